The first kappa shape index (κ1) is 5.77. The second-order valence-corrected chi connectivity index (χ2v) is 3.40. The van der Waals surface area contributed by atoms with Crippen LogP contribution in [-0.4, -0.2) is 9.78 Å². The Hall–Kier alpha value is -0.830. The lowest BCUT2D eigenvalue weighted by atomic mass is 10.3. The van der Waals surface area contributed by atoms with Crippen LogP contribution >= 0.6 is 0 Å². The van der Waals surface area contributed by atoms with Crippen LogP contribution in [0.15, 0.2) is 6.20 Å². The summed E-state index contributed by atoms with van der Waals surface area (Å²) in [6.45, 7) is 2.04. The monoisotopic (exact) mass is 149 g/mol. The van der Waals surface area contributed by atoms with E-state index in [1.54, 1.807) is 0 Å². The standard InChI is InChI=1S/C8H11N3/c1-2-7(1)11-8-5-9-3-6(8)4-10-11/h4,7,9H,1-3,5H2. The summed E-state index contributed by atoms with van der Waals surface area (Å²) < 4.78 is 2.20. The number of hydrogen-bond acceptors (Lipinski definition) is 2. The van der Waals surface area contributed by atoms with Gasteiger partial charge in [0.15, 0.2) is 0 Å². The Labute approximate surface area is 65.4 Å². The molecule has 3 heteroatoms. The lowest BCUT2D eigenvalue weighted by molar-refractivity contribution is 0.592. The molecule has 0 unspecified atom stereocenters. The summed E-state index contributed by atoms with van der Waals surface area (Å²) in [4.78, 5) is 0. The Morgan fingerprint density at radius 1 is 1.45 bits per heavy atom. The Morgan fingerprint density at radius 2 is 2.36 bits per heavy atom. The lowest BCUT2D eigenvalue weighted by Crippen LogP contribution is -2.07. The lowest BCUT2D eigenvalue weighted by Gasteiger charge is -2.00. The molecule has 1 fully saturated rings. The quantitative estimate of drug-likeness (QED) is 0.640. The van der Waals surface area contributed by atoms with Gasteiger partial charge in [-0.15, -0.1) is 0 Å². The minimum Gasteiger partial charge on any atom is -0.307 e. The number of fused-ring (bicyclic) bond motifs is 1. The molecule has 0 radical (unpaired) electrons. The van der Waals surface area contributed by atoms with Crippen LogP contribution in [0.5, 0.6) is 0 Å². The molecule has 2 aliphatic rings. The first-order valence-corrected chi connectivity index (χ1v) is 4.21. The molecule has 1 aliphatic heterocycles. The molecule has 0 aromatic carbocycles. The van der Waals surface area contributed by atoms with Crippen LogP contribution in [0, 0.1) is 0 Å². The second-order valence-electron chi connectivity index (χ2n) is 3.40. The van der Waals surface area contributed by atoms with Crippen LogP contribution in [0.4, 0.5) is 0 Å². The number of aromatic nitrogens is 2. The van der Waals surface area contributed by atoms with Crippen LogP contribution in [0.3, 0.4) is 0 Å². The molecule has 11 heavy (non-hydrogen) atoms. The Balaban J connectivity index is 2.09. The maximum atomic E-state index is 4.38. The number of hydrogen-bond donors (Lipinski definition) is 1. The molecule has 58 valence electrons. The fourth-order valence-electron chi connectivity index (χ4n) is 1.71. The first-order valence-electron chi connectivity index (χ1n) is 4.21. The van der Waals surface area contributed by atoms with Gasteiger partial charge >= 0.3 is 0 Å². The van der Waals surface area contributed by atoms with Gasteiger partial charge in [-0.3, -0.25) is 4.68 Å². The van der Waals surface area contributed by atoms with Gasteiger partial charge in [-0.2, -0.15) is 5.10 Å². The highest BCUT2D eigenvalue weighted by molar-refractivity contribution is 5.22. The van der Waals surface area contributed by atoms with Crippen molar-refractivity contribution in [3.05, 3.63) is 17.5 Å². The highest BCUT2D eigenvalue weighted by Crippen LogP contribution is 2.36. The topological polar surface area (TPSA) is 29.9 Å². The van der Waals surface area contributed by atoms with E-state index in [0.29, 0.717) is 0 Å². The Bertz CT molecular complexity index is 286. The predicted octanol–water partition coefficient (Wildman–Crippen LogP) is 0.821. The van der Waals surface area contributed by atoms with E-state index in [9.17, 15) is 0 Å². The molecule has 0 saturated heterocycles. The number of rotatable bonds is 1. The van der Waals surface area contributed by atoms with Crippen molar-refractivity contribution in [3.8, 4) is 0 Å². The Kier molecular flexibility index (Phi) is 0.973. The Morgan fingerprint density at radius 3 is 3.18 bits per heavy atom. The molecule has 0 spiro atoms. The van der Waals surface area contributed by atoms with Crippen molar-refractivity contribution >= 4 is 0 Å². The number of nitrogens with zero attached hydrogens (tertiary/aromatic N) is 2. The maximum Gasteiger partial charge on any atom is 0.0570 e. The molecule has 0 bridgehead atoms. The highest BCUT2D eigenvalue weighted by atomic mass is 15.3. The summed E-state index contributed by atoms with van der Waals surface area (Å²) in [6, 6.07) is 0.735. The van der Waals surface area contributed by atoms with Crippen LogP contribution in [-0.2, 0) is 13.1 Å². The van der Waals surface area contributed by atoms with E-state index < -0.39 is 0 Å². The van der Waals surface area contributed by atoms with Crippen molar-refractivity contribution in [2.75, 3.05) is 0 Å². The summed E-state index contributed by atoms with van der Waals surface area (Å²) in [6.07, 6.45) is 4.66. The first-order chi connectivity index (χ1) is 5.45. The molecule has 0 atom stereocenters. The third kappa shape index (κ3) is 0.744. The molecule has 2 heterocycles. The SMILES string of the molecule is c1nn(C2CC2)c2c1CNC2. The summed E-state index contributed by atoms with van der Waals surface area (Å²) >= 11 is 0. The molecule has 3 nitrogen and oxygen atoms in total. The molecule has 1 aromatic rings. The predicted molar refractivity (Wildman–Crippen MR) is 41.0 cm³/mol. The van der Waals surface area contributed by atoms with E-state index in [-0.39, 0.29) is 0 Å². The zero-order chi connectivity index (χ0) is 7.26. The molecular weight excluding hydrogens is 138 g/mol. The van der Waals surface area contributed by atoms with Gasteiger partial charge in [0.1, 0.15) is 0 Å². The van der Waals surface area contributed by atoms with Crippen LogP contribution in [0.25, 0.3) is 0 Å². The molecule has 1 saturated carbocycles. The normalized spacial score (nSPS) is 22.2. The van der Waals surface area contributed by atoms with Gasteiger partial charge in [0, 0.05) is 18.7 Å². The van der Waals surface area contributed by atoms with Gasteiger partial charge in [-0.1, -0.05) is 0 Å². The average Bonchev–Trinajstić information content (AvgIpc) is 2.63. The van der Waals surface area contributed by atoms with Crippen molar-refractivity contribution in [1.82, 2.24) is 15.1 Å². The minimum atomic E-state index is 0.735. The summed E-state index contributed by atoms with van der Waals surface area (Å²) in [5.41, 5.74) is 2.82. The summed E-state index contributed by atoms with van der Waals surface area (Å²) in [7, 11) is 0. The van der Waals surface area contributed by atoms with Gasteiger partial charge < -0.3 is 5.32 Å². The van der Waals surface area contributed by atoms with Crippen molar-refractivity contribution < 1.29 is 0 Å². The summed E-state index contributed by atoms with van der Waals surface area (Å²) in [5.74, 6) is 0. The van der Waals surface area contributed by atoms with Crippen molar-refractivity contribution in [1.29, 1.82) is 0 Å². The van der Waals surface area contributed by atoms with E-state index in [1.807, 2.05) is 6.20 Å². The molecule has 0 amide bonds. The third-order valence-electron chi connectivity index (χ3n) is 2.49. The zero-order valence-electron chi connectivity index (χ0n) is 6.38. The van der Waals surface area contributed by atoms with Crippen molar-refractivity contribution in [2.45, 2.75) is 32.0 Å². The van der Waals surface area contributed by atoms with E-state index >= 15 is 0 Å². The minimum absolute atomic E-state index is 0.735. The summed E-state index contributed by atoms with van der Waals surface area (Å²) in [5, 5.41) is 7.71. The zero-order valence-corrected chi connectivity index (χ0v) is 6.38. The van der Waals surface area contributed by atoms with Crippen LogP contribution < -0.4 is 5.32 Å². The molecule has 3 rings (SSSR count). The third-order valence-corrected chi connectivity index (χ3v) is 2.49. The van der Waals surface area contributed by atoms with Gasteiger partial charge in [0.25, 0.3) is 0 Å². The van der Waals surface area contributed by atoms with E-state index in [1.165, 1.54) is 24.1 Å². The van der Waals surface area contributed by atoms with Crippen LogP contribution in [0.2, 0.25) is 0 Å². The fourth-order valence-corrected chi connectivity index (χ4v) is 1.71. The number of nitrogens with one attached hydrogen (secondary N) is 1. The largest absolute Gasteiger partial charge is 0.307 e. The average molecular weight is 149 g/mol. The molecule has 1 aromatic heterocycles. The molecule has 1 aliphatic carbocycles. The van der Waals surface area contributed by atoms with Gasteiger partial charge in [0.05, 0.1) is 17.9 Å². The van der Waals surface area contributed by atoms with Crippen molar-refractivity contribution in [3.63, 3.8) is 0 Å². The highest BCUT2D eigenvalue weighted by Gasteiger charge is 2.28. The van der Waals surface area contributed by atoms with Crippen molar-refractivity contribution in [2.24, 2.45) is 0 Å². The second kappa shape index (κ2) is 1.85. The van der Waals surface area contributed by atoms with E-state index in [2.05, 4.69) is 15.1 Å². The van der Waals surface area contributed by atoms with Gasteiger partial charge in [-0.05, 0) is 12.8 Å². The van der Waals surface area contributed by atoms with E-state index in [4.69, 9.17) is 0 Å². The van der Waals surface area contributed by atoms with Crippen LogP contribution in [0.1, 0.15) is 30.1 Å². The fraction of sp³-hybridized carbons (Fsp3) is 0.625. The molecule has 1 N–H and O–H groups in total. The smallest absolute Gasteiger partial charge is 0.0570 e. The van der Waals surface area contributed by atoms with Gasteiger partial charge in [-0.25, -0.2) is 0 Å². The van der Waals surface area contributed by atoms with Gasteiger partial charge in [0.2, 0.25) is 0 Å². The van der Waals surface area contributed by atoms with E-state index in [0.717, 1.165) is 19.1 Å². The maximum absolute atomic E-state index is 4.38. The molecular formula is C8H11N3.